The molecule has 0 radical (unpaired) electrons. The van der Waals surface area contributed by atoms with Gasteiger partial charge >= 0.3 is 0 Å². The normalized spacial score (nSPS) is 19.6. The summed E-state index contributed by atoms with van der Waals surface area (Å²) in [7, 11) is 0. The van der Waals surface area contributed by atoms with Gasteiger partial charge in [0.2, 0.25) is 11.8 Å². The number of imide groups is 1. The smallest absolute Gasteiger partial charge is 0.234 e. The highest BCUT2D eigenvalue weighted by Gasteiger charge is 2.30. The summed E-state index contributed by atoms with van der Waals surface area (Å²) in [6, 6.07) is 11.2. The van der Waals surface area contributed by atoms with Gasteiger partial charge in [-0.2, -0.15) is 0 Å². The first-order chi connectivity index (χ1) is 16.1. The molecule has 0 saturated carbocycles. The zero-order valence-electron chi connectivity index (χ0n) is 18.5. The van der Waals surface area contributed by atoms with Crippen LogP contribution in [0.4, 0.5) is 10.1 Å². The summed E-state index contributed by atoms with van der Waals surface area (Å²) in [5, 5.41) is 6.60. The lowest BCUT2D eigenvalue weighted by Gasteiger charge is -2.26. The van der Waals surface area contributed by atoms with E-state index in [1.807, 2.05) is 30.3 Å². The molecule has 2 N–H and O–H groups in total. The minimum absolute atomic E-state index is 0.162. The summed E-state index contributed by atoms with van der Waals surface area (Å²) in [4.78, 5) is 26.1. The van der Waals surface area contributed by atoms with Crippen molar-refractivity contribution in [3.05, 3.63) is 65.2 Å². The molecule has 0 spiro atoms. The fraction of sp³-hybridized carbons (Fsp3) is 0.385. The van der Waals surface area contributed by atoms with E-state index in [9.17, 15) is 14.0 Å². The van der Waals surface area contributed by atoms with E-state index in [2.05, 4.69) is 15.5 Å². The number of hydrogen-bond acceptors (Lipinski definition) is 5. The van der Waals surface area contributed by atoms with Gasteiger partial charge in [0.15, 0.2) is 0 Å². The van der Waals surface area contributed by atoms with Crippen LogP contribution in [0.15, 0.2) is 47.1 Å². The van der Waals surface area contributed by atoms with Gasteiger partial charge in [-0.3, -0.25) is 19.8 Å². The molecule has 1 unspecified atom stereocenters. The Kier molecular flexibility index (Phi) is 6.13. The van der Waals surface area contributed by atoms with Crippen LogP contribution in [0.3, 0.4) is 0 Å². The number of fused-ring (bicyclic) bond motifs is 1. The SMILES string of the molecule is O=C1CCC(c2coc3ccc(NCc4ccc(CN5CCCCC5)c(F)c4)cc23)C(=O)N1. The molecule has 6 nitrogen and oxygen atoms in total. The molecule has 0 aliphatic carbocycles. The Morgan fingerprint density at radius 3 is 2.73 bits per heavy atom. The van der Waals surface area contributed by atoms with Crippen LogP contribution in [0, 0.1) is 5.82 Å². The maximum absolute atomic E-state index is 14.7. The first kappa shape index (κ1) is 21.6. The van der Waals surface area contributed by atoms with Crippen LogP contribution < -0.4 is 10.6 Å². The van der Waals surface area contributed by atoms with E-state index in [-0.39, 0.29) is 17.6 Å². The number of amides is 2. The number of halogens is 1. The molecule has 172 valence electrons. The van der Waals surface area contributed by atoms with E-state index in [0.717, 1.165) is 40.9 Å². The number of anilines is 1. The second-order valence-corrected chi connectivity index (χ2v) is 9.02. The van der Waals surface area contributed by atoms with Gasteiger partial charge in [-0.15, -0.1) is 0 Å². The molecular formula is C26H28FN3O3. The van der Waals surface area contributed by atoms with Gasteiger partial charge in [0, 0.05) is 41.7 Å². The minimum atomic E-state index is -0.402. The highest BCUT2D eigenvalue weighted by atomic mass is 19.1. The molecule has 2 aliphatic rings. The van der Waals surface area contributed by atoms with Gasteiger partial charge in [0.25, 0.3) is 0 Å². The third-order valence-corrected chi connectivity index (χ3v) is 6.67. The second kappa shape index (κ2) is 9.35. The van der Waals surface area contributed by atoms with E-state index in [1.165, 1.54) is 19.3 Å². The summed E-state index contributed by atoms with van der Waals surface area (Å²) < 4.78 is 20.3. The monoisotopic (exact) mass is 449 g/mol. The highest BCUT2D eigenvalue weighted by Crippen LogP contribution is 2.34. The van der Waals surface area contributed by atoms with Crippen molar-refractivity contribution in [3.8, 4) is 0 Å². The number of carbonyl (C=O) groups is 2. The van der Waals surface area contributed by atoms with Crippen LogP contribution in [0.2, 0.25) is 0 Å². The van der Waals surface area contributed by atoms with Crippen LogP contribution in [0.1, 0.15) is 54.7 Å². The van der Waals surface area contributed by atoms with Crippen molar-refractivity contribution < 1.29 is 18.4 Å². The van der Waals surface area contributed by atoms with Gasteiger partial charge in [-0.05, 0) is 62.2 Å². The molecule has 2 aromatic carbocycles. The molecule has 3 heterocycles. The summed E-state index contributed by atoms with van der Waals surface area (Å²) in [5.74, 6) is -1.08. The van der Waals surface area contributed by atoms with Gasteiger partial charge in [-0.25, -0.2) is 4.39 Å². The Morgan fingerprint density at radius 1 is 1.09 bits per heavy atom. The number of piperidine rings is 2. The Balaban J connectivity index is 1.27. The Hall–Kier alpha value is -3.19. The molecule has 33 heavy (non-hydrogen) atoms. The molecule has 2 aliphatic heterocycles. The van der Waals surface area contributed by atoms with Crippen molar-refractivity contribution in [2.75, 3.05) is 18.4 Å². The average molecular weight is 450 g/mol. The lowest BCUT2D eigenvalue weighted by atomic mass is 9.90. The third-order valence-electron chi connectivity index (χ3n) is 6.67. The topological polar surface area (TPSA) is 74.6 Å². The van der Waals surface area contributed by atoms with Gasteiger partial charge in [0.1, 0.15) is 11.4 Å². The first-order valence-corrected chi connectivity index (χ1v) is 11.7. The predicted molar refractivity (Wildman–Crippen MR) is 124 cm³/mol. The van der Waals surface area contributed by atoms with Crippen LogP contribution in [0.5, 0.6) is 0 Å². The molecule has 2 fully saturated rings. The molecule has 5 rings (SSSR count). The van der Waals surface area contributed by atoms with Gasteiger partial charge < -0.3 is 9.73 Å². The van der Waals surface area contributed by atoms with Crippen LogP contribution in [-0.2, 0) is 22.7 Å². The largest absolute Gasteiger partial charge is 0.464 e. The average Bonchev–Trinajstić information content (AvgIpc) is 3.23. The Bertz CT molecular complexity index is 1180. The molecule has 3 aromatic rings. The van der Waals surface area contributed by atoms with E-state index >= 15 is 0 Å². The number of furan rings is 1. The van der Waals surface area contributed by atoms with E-state index in [1.54, 1.807) is 12.3 Å². The van der Waals surface area contributed by atoms with Crippen molar-refractivity contribution in [3.63, 3.8) is 0 Å². The number of rotatable bonds is 6. The molecule has 1 atom stereocenters. The lowest BCUT2D eigenvalue weighted by Crippen LogP contribution is -2.39. The molecule has 7 heteroatoms. The highest BCUT2D eigenvalue weighted by molar-refractivity contribution is 6.02. The minimum Gasteiger partial charge on any atom is -0.464 e. The van der Waals surface area contributed by atoms with Crippen LogP contribution in [-0.4, -0.2) is 29.8 Å². The lowest BCUT2D eigenvalue weighted by molar-refractivity contribution is -0.134. The number of likely N-dealkylation sites (tertiary alicyclic amines) is 1. The number of benzene rings is 2. The number of carbonyl (C=O) groups excluding carboxylic acids is 2. The van der Waals surface area contributed by atoms with Crippen molar-refractivity contribution in [1.29, 1.82) is 0 Å². The zero-order chi connectivity index (χ0) is 22.8. The fourth-order valence-corrected chi connectivity index (χ4v) is 4.81. The second-order valence-electron chi connectivity index (χ2n) is 9.02. The Labute approximate surface area is 192 Å². The summed E-state index contributed by atoms with van der Waals surface area (Å²) in [6.45, 7) is 3.23. The summed E-state index contributed by atoms with van der Waals surface area (Å²) in [5.41, 5.74) is 3.94. The maximum atomic E-state index is 14.7. The van der Waals surface area contributed by atoms with Gasteiger partial charge in [-0.1, -0.05) is 18.6 Å². The molecule has 2 amide bonds. The van der Waals surface area contributed by atoms with E-state index in [4.69, 9.17) is 4.42 Å². The number of nitrogens with zero attached hydrogens (tertiary/aromatic N) is 1. The van der Waals surface area contributed by atoms with Gasteiger partial charge in [0.05, 0.1) is 12.2 Å². The molecular weight excluding hydrogens is 421 g/mol. The fourth-order valence-electron chi connectivity index (χ4n) is 4.81. The quantitative estimate of drug-likeness (QED) is 0.534. The summed E-state index contributed by atoms with van der Waals surface area (Å²) >= 11 is 0. The van der Waals surface area contributed by atoms with Crippen molar-refractivity contribution >= 4 is 28.5 Å². The van der Waals surface area contributed by atoms with Crippen molar-refractivity contribution in [2.45, 2.75) is 51.1 Å². The predicted octanol–water partition coefficient (Wildman–Crippen LogP) is 4.69. The number of nitrogens with one attached hydrogen (secondary N) is 2. The molecule has 1 aromatic heterocycles. The summed E-state index contributed by atoms with van der Waals surface area (Å²) in [6.07, 6.45) is 6.04. The number of hydrogen-bond donors (Lipinski definition) is 2. The van der Waals surface area contributed by atoms with E-state index in [0.29, 0.717) is 31.5 Å². The third kappa shape index (κ3) is 4.78. The van der Waals surface area contributed by atoms with Crippen molar-refractivity contribution in [2.24, 2.45) is 0 Å². The van der Waals surface area contributed by atoms with Crippen LogP contribution in [0.25, 0.3) is 11.0 Å². The molecule has 2 saturated heterocycles. The first-order valence-electron chi connectivity index (χ1n) is 11.7. The van der Waals surface area contributed by atoms with Crippen LogP contribution >= 0.6 is 0 Å². The zero-order valence-corrected chi connectivity index (χ0v) is 18.5. The Morgan fingerprint density at radius 2 is 1.94 bits per heavy atom. The van der Waals surface area contributed by atoms with E-state index < -0.39 is 5.92 Å². The molecule has 0 bridgehead atoms. The van der Waals surface area contributed by atoms with Crippen molar-refractivity contribution in [1.82, 2.24) is 10.2 Å². The maximum Gasteiger partial charge on any atom is 0.234 e. The standard InChI is InChI=1S/C26H28FN3O3/c27-23-12-17(4-5-18(23)15-30-10-2-1-3-11-30)14-28-19-6-8-24-21(13-19)22(16-33-24)20-7-9-25(31)29-26(20)32/h4-6,8,12-13,16,20,28H,1-3,7,9-11,14-15H2,(H,29,31,32).